The van der Waals surface area contributed by atoms with Gasteiger partial charge in [-0.15, -0.1) is 0 Å². The maximum Gasteiger partial charge on any atom is 0.00661 e. The number of halogens is 1. The zero-order chi connectivity index (χ0) is 7.40. The third-order valence-corrected chi connectivity index (χ3v) is 2.23. The molecule has 1 rings (SSSR count). The molecule has 0 heterocycles. The summed E-state index contributed by atoms with van der Waals surface area (Å²) in [6, 6.07) is 0. The summed E-state index contributed by atoms with van der Waals surface area (Å²) in [7, 11) is 0. The maximum atomic E-state index is 3.79. The fourth-order valence-corrected chi connectivity index (χ4v) is 1.28. The second-order valence-electron chi connectivity index (χ2n) is 2.66. The standard InChI is InChI=1S/C9H13Br/c1-2-8(4-3-7-10)9-5-6-9/h2,4,9H,1,3,5-7H2/b8-4-. The molecule has 10 heavy (non-hydrogen) atoms. The summed E-state index contributed by atoms with van der Waals surface area (Å²) in [4.78, 5) is 0. The van der Waals surface area contributed by atoms with Crippen LogP contribution in [0.3, 0.4) is 0 Å². The van der Waals surface area contributed by atoms with Gasteiger partial charge in [0.25, 0.3) is 0 Å². The van der Waals surface area contributed by atoms with Gasteiger partial charge in [0.05, 0.1) is 0 Å². The van der Waals surface area contributed by atoms with Gasteiger partial charge in [-0.3, -0.25) is 0 Å². The molecule has 0 bridgehead atoms. The Kier molecular flexibility index (Phi) is 3.20. The summed E-state index contributed by atoms with van der Waals surface area (Å²) < 4.78 is 0. The Hall–Kier alpha value is -0.0400. The van der Waals surface area contributed by atoms with E-state index >= 15 is 0 Å². The lowest BCUT2D eigenvalue weighted by Gasteiger charge is -1.95. The van der Waals surface area contributed by atoms with Crippen LogP contribution in [0.5, 0.6) is 0 Å². The molecular weight excluding hydrogens is 188 g/mol. The van der Waals surface area contributed by atoms with Gasteiger partial charge in [0.15, 0.2) is 0 Å². The van der Waals surface area contributed by atoms with Gasteiger partial charge in [-0.2, -0.15) is 0 Å². The zero-order valence-corrected chi connectivity index (χ0v) is 7.73. The zero-order valence-electron chi connectivity index (χ0n) is 6.15. The lowest BCUT2D eigenvalue weighted by Crippen LogP contribution is -1.80. The average Bonchev–Trinajstić information content (AvgIpc) is 2.73. The van der Waals surface area contributed by atoms with Crippen LogP contribution in [0.15, 0.2) is 24.3 Å². The molecule has 0 nitrogen and oxygen atoms in total. The fourth-order valence-electron chi connectivity index (χ4n) is 1.05. The van der Waals surface area contributed by atoms with E-state index in [4.69, 9.17) is 0 Å². The highest BCUT2D eigenvalue weighted by molar-refractivity contribution is 9.09. The normalized spacial score (nSPS) is 19.1. The van der Waals surface area contributed by atoms with Crippen LogP contribution < -0.4 is 0 Å². The lowest BCUT2D eigenvalue weighted by atomic mass is 10.1. The predicted molar refractivity (Wildman–Crippen MR) is 49.4 cm³/mol. The van der Waals surface area contributed by atoms with E-state index in [0.717, 1.165) is 17.7 Å². The smallest absolute Gasteiger partial charge is 0.00661 e. The van der Waals surface area contributed by atoms with Crippen LogP contribution in [0, 0.1) is 5.92 Å². The Morgan fingerprint density at radius 2 is 2.30 bits per heavy atom. The molecule has 0 radical (unpaired) electrons. The number of allylic oxidation sites excluding steroid dienone is 3. The molecule has 1 heteroatoms. The average molecular weight is 201 g/mol. The molecule has 0 N–H and O–H groups in total. The lowest BCUT2D eigenvalue weighted by molar-refractivity contribution is 1.03. The third kappa shape index (κ3) is 2.30. The third-order valence-electron chi connectivity index (χ3n) is 1.77. The molecule has 0 aromatic heterocycles. The fraction of sp³-hybridized carbons (Fsp3) is 0.556. The van der Waals surface area contributed by atoms with E-state index in [1.807, 2.05) is 6.08 Å². The van der Waals surface area contributed by atoms with Crippen molar-refractivity contribution in [1.29, 1.82) is 0 Å². The van der Waals surface area contributed by atoms with Crippen LogP contribution in [0.4, 0.5) is 0 Å². The number of hydrogen-bond acceptors (Lipinski definition) is 0. The van der Waals surface area contributed by atoms with Crippen molar-refractivity contribution >= 4 is 15.9 Å². The first-order chi connectivity index (χ1) is 4.88. The molecule has 1 fully saturated rings. The van der Waals surface area contributed by atoms with E-state index in [9.17, 15) is 0 Å². The summed E-state index contributed by atoms with van der Waals surface area (Å²) in [6.45, 7) is 3.79. The highest BCUT2D eigenvalue weighted by atomic mass is 79.9. The molecule has 0 aromatic carbocycles. The topological polar surface area (TPSA) is 0 Å². The van der Waals surface area contributed by atoms with Gasteiger partial charge < -0.3 is 0 Å². The van der Waals surface area contributed by atoms with E-state index in [1.54, 1.807) is 0 Å². The maximum absolute atomic E-state index is 3.79. The van der Waals surface area contributed by atoms with Gasteiger partial charge in [0.2, 0.25) is 0 Å². The van der Waals surface area contributed by atoms with Crippen LogP contribution in [0.2, 0.25) is 0 Å². The van der Waals surface area contributed by atoms with Gasteiger partial charge in [-0.25, -0.2) is 0 Å². The summed E-state index contributed by atoms with van der Waals surface area (Å²) in [6.07, 6.45) is 8.18. The van der Waals surface area contributed by atoms with Crippen molar-refractivity contribution < 1.29 is 0 Å². The van der Waals surface area contributed by atoms with Crippen LogP contribution in [-0.4, -0.2) is 5.33 Å². The Balaban J connectivity index is 2.37. The molecule has 0 unspecified atom stereocenters. The summed E-state index contributed by atoms with van der Waals surface area (Å²) >= 11 is 3.40. The molecule has 0 saturated heterocycles. The largest absolute Gasteiger partial charge is 0.0988 e. The summed E-state index contributed by atoms with van der Waals surface area (Å²) in [5.74, 6) is 0.858. The molecule has 0 aliphatic heterocycles. The first-order valence-electron chi connectivity index (χ1n) is 3.77. The van der Waals surface area contributed by atoms with Gasteiger partial charge >= 0.3 is 0 Å². The molecule has 1 saturated carbocycles. The second kappa shape index (κ2) is 3.97. The monoisotopic (exact) mass is 200 g/mol. The number of alkyl halides is 1. The molecule has 1 aliphatic rings. The Morgan fingerprint density at radius 3 is 2.70 bits per heavy atom. The van der Waals surface area contributed by atoms with Crippen molar-refractivity contribution in [2.24, 2.45) is 5.92 Å². The molecular formula is C9H13Br. The molecule has 56 valence electrons. The number of hydrogen-bond donors (Lipinski definition) is 0. The van der Waals surface area contributed by atoms with Crippen LogP contribution in [-0.2, 0) is 0 Å². The second-order valence-corrected chi connectivity index (χ2v) is 3.45. The van der Waals surface area contributed by atoms with E-state index in [0.29, 0.717) is 0 Å². The minimum atomic E-state index is 0.858. The van der Waals surface area contributed by atoms with Gasteiger partial charge in [0, 0.05) is 5.33 Å². The Bertz CT molecular complexity index is 143. The molecule has 0 spiro atoms. The highest BCUT2D eigenvalue weighted by Crippen LogP contribution is 2.36. The SMILES string of the molecule is C=C/C(=C/CCBr)C1CC1. The van der Waals surface area contributed by atoms with Crippen molar-refractivity contribution in [3.8, 4) is 0 Å². The van der Waals surface area contributed by atoms with Gasteiger partial charge in [-0.1, -0.05) is 34.7 Å². The first-order valence-corrected chi connectivity index (χ1v) is 4.89. The van der Waals surface area contributed by atoms with E-state index in [2.05, 4.69) is 28.6 Å². The van der Waals surface area contributed by atoms with Crippen molar-refractivity contribution in [3.63, 3.8) is 0 Å². The minimum Gasteiger partial charge on any atom is -0.0988 e. The number of rotatable bonds is 4. The molecule has 0 amide bonds. The van der Waals surface area contributed by atoms with Crippen molar-refractivity contribution in [3.05, 3.63) is 24.3 Å². The van der Waals surface area contributed by atoms with Crippen LogP contribution in [0.25, 0.3) is 0 Å². The van der Waals surface area contributed by atoms with E-state index in [1.165, 1.54) is 18.4 Å². The van der Waals surface area contributed by atoms with E-state index < -0.39 is 0 Å². The summed E-state index contributed by atoms with van der Waals surface area (Å²) in [5, 5.41) is 1.07. The predicted octanol–water partition coefficient (Wildman–Crippen LogP) is 3.29. The van der Waals surface area contributed by atoms with Crippen LogP contribution in [0.1, 0.15) is 19.3 Å². The Morgan fingerprint density at radius 1 is 1.60 bits per heavy atom. The van der Waals surface area contributed by atoms with Crippen molar-refractivity contribution in [1.82, 2.24) is 0 Å². The molecule has 0 aromatic rings. The minimum absolute atomic E-state index is 0.858. The van der Waals surface area contributed by atoms with E-state index in [-0.39, 0.29) is 0 Å². The van der Waals surface area contributed by atoms with Crippen molar-refractivity contribution in [2.45, 2.75) is 19.3 Å². The van der Waals surface area contributed by atoms with Gasteiger partial charge in [0.1, 0.15) is 0 Å². The molecule has 0 atom stereocenters. The quantitative estimate of drug-likeness (QED) is 0.483. The van der Waals surface area contributed by atoms with Gasteiger partial charge in [-0.05, 0) is 30.8 Å². The summed E-state index contributed by atoms with van der Waals surface area (Å²) in [5.41, 5.74) is 1.46. The highest BCUT2D eigenvalue weighted by Gasteiger charge is 2.23. The first kappa shape index (κ1) is 8.06. The Labute approximate surface area is 71.1 Å². The van der Waals surface area contributed by atoms with Crippen LogP contribution >= 0.6 is 15.9 Å². The van der Waals surface area contributed by atoms with Crippen molar-refractivity contribution in [2.75, 3.05) is 5.33 Å². The molecule has 1 aliphatic carbocycles.